The average Bonchev–Trinajstić information content (AvgIpc) is 2.50. The maximum absolute atomic E-state index is 10.0. The zero-order chi connectivity index (χ0) is 19.5. The van der Waals surface area contributed by atoms with Gasteiger partial charge in [-0.2, -0.15) is 0 Å². The number of hydrogen-bond donors (Lipinski definition) is 2. The second-order valence-electron chi connectivity index (χ2n) is 10.3. The number of nitrogens with one attached hydrogen (secondary N) is 1. The number of hydrogen-bond acceptors (Lipinski definition) is 3. The SMILES string of the molecule is C.CC(C)[C@H](CN1CC[C@H](C2=CCC(Cl)CC2)C(C)(C)C1)NCC(C)(C)O.O.O.O. The maximum Gasteiger partial charge on any atom is 0.0715 e. The Morgan fingerprint density at radius 1 is 1.23 bits per heavy atom. The molecule has 0 aromatic rings. The average molecular weight is 455 g/mol. The Labute approximate surface area is 190 Å². The van der Waals surface area contributed by atoms with Gasteiger partial charge in [-0.05, 0) is 63.3 Å². The molecule has 0 spiro atoms. The van der Waals surface area contributed by atoms with Crippen molar-refractivity contribution in [2.75, 3.05) is 26.2 Å². The van der Waals surface area contributed by atoms with Crippen LogP contribution in [0.25, 0.3) is 0 Å². The molecular formula is C23H51ClN2O4. The van der Waals surface area contributed by atoms with Crippen LogP contribution in [-0.4, -0.2) is 69.6 Å². The molecule has 184 valence electrons. The molecule has 1 aliphatic carbocycles. The topological polar surface area (TPSA) is 130 Å². The summed E-state index contributed by atoms with van der Waals surface area (Å²) >= 11 is 6.29. The maximum atomic E-state index is 10.0. The number of rotatable bonds is 7. The number of piperidine rings is 1. The minimum atomic E-state index is -0.660. The van der Waals surface area contributed by atoms with Gasteiger partial charge in [-0.3, -0.25) is 0 Å². The van der Waals surface area contributed by atoms with Crippen molar-refractivity contribution in [3.63, 3.8) is 0 Å². The van der Waals surface area contributed by atoms with Crippen LogP contribution in [0.15, 0.2) is 11.6 Å². The summed E-state index contributed by atoms with van der Waals surface area (Å²) in [6, 6.07) is 0.416. The normalized spacial score (nSPS) is 25.0. The molecule has 2 aliphatic rings. The second kappa shape index (κ2) is 14.0. The summed E-state index contributed by atoms with van der Waals surface area (Å²) in [5, 5.41) is 14.0. The Balaban J connectivity index is -0.00000182. The lowest BCUT2D eigenvalue weighted by Crippen LogP contribution is -2.53. The number of halogens is 1. The van der Waals surface area contributed by atoms with Crippen LogP contribution >= 0.6 is 11.6 Å². The standard InChI is InChI=1S/C22H41ClN2O.CH4.3H2O/c1-16(2)20(24-14-22(5,6)26)13-25-12-11-19(21(3,4)15-25)17-7-9-18(23)10-8-17;;;;/h7,16,18-20,24,26H,8-15H2,1-6H3;1H4;3*1H2/t18?,19-,20+;;;;/m1..../s1. The van der Waals surface area contributed by atoms with Gasteiger partial charge in [0.1, 0.15) is 0 Å². The van der Waals surface area contributed by atoms with Crippen LogP contribution < -0.4 is 5.32 Å². The van der Waals surface area contributed by atoms with Gasteiger partial charge in [0, 0.05) is 31.1 Å². The van der Waals surface area contributed by atoms with E-state index in [4.69, 9.17) is 11.6 Å². The summed E-state index contributed by atoms with van der Waals surface area (Å²) in [7, 11) is 0. The fourth-order valence-corrected chi connectivity index (χ4v) is 4.82. The molecule has 0 bridgehead atoms. The van der Waals surface area contributed by atoms with E-state index in [-0.39, 0.29) is 23.9 Å². The van der Waals surface area contributed by atoms with E-state index in [1.165, 1.54) is 19.4 Å². The van der Waals surface area contributed by atoms with Gasteiger partial charge in [0.15, 0.2) is 0 Å². The highest BCUT2D eigenvalue weighted by molar-refractivity contribution is 6.20. The molecule has 0 amide bonds. The third-order valence-corrected chi connectivity index (χ3v) is 6.59. The Hall–Kier alpha value is -0.210. The molecule has 0 radical (unpaired) electrons. The highest BCUT2D eigenvalue weighted by Crippen LogP contribution is 2.43. The van der Waals surface area contributed by atoms with Crippen molar-refractivity contribution in [1.82, 2.24) is 10.2 Å². The van der Waals surface area contributed by atoms with Crippen LogP contribution in [0.3, 0.4) is 0 Å². The van der Waals surface area contributed by atoms with Gasteiger partial charge >= 0.3 is 0 Å². The van der Waals surface area contributed by atoms with Gasteiger partial charge in [0.05, 0.1) is 5.60 Å². The molecule has 6 nitrogen and oxygen atoms in total. The molecule has 1 saturated heterocycles. The van der Waals surface area contributed by atoms with Crippen LogP contribution in [0.1, 0.15) is 74.7 Å². The quantitative estimate of drug-likeness (QED) is 0.452. The first kappa shape index (κ1) is 34.4. The Kier molecular flexibility index (Phi) is 16.1. The smallest absolute Gasteiger partial charge is 0.0715 e. The molecule has 2 rings (SSSR count). The molecule has 1 aliphatic heterocycles. The molecule has 3 atom stereocenters. The minimum absolute atomic E-state index is 0. The van der Waals surface area contributed by atoms with Crippen LogP contribution in [0, 0.1) is 17.3 Å². The minimum Gasteiger partial charge on any atom is -0.412 e. The van der Waals surface area contributed by atoms with E-state index in [0.717, 1.165) is 25.9 Å². The molecule has 30 heavy (non-hydrogen) atoms. The Morgan fingerprint density at radius 3 is 2.27 bits per heavy atom. The predicted molar refractivity (Wildman–Crippen MR) is 130 cm³/mol. The second-order valence-corrected chi connectivity index (χ2v) is 10.9. The van der Waals surface area contributed by atoms with Gasteiger partial charge in [0.2, 0.25) is 0 Å². The zero-order valence-corrected chi connectivity index (χ0v) is 20.1. The Bertz CT molecular complexity index is 492. The van der Waals surface area contributed by atoms with E-state index in [1.54, 1.807) is 5.57 Å². The lowest BCUT2D eigenvalue weighted by molar-refractivity contribution is 0.0482. The van der Waals surface area contributed by atoms with E-state index < -0.39 is 5.60 Å². The largest absolute Gasteiger partial charge is 0.412 e. The van der Waals surface area contributed by atoms with Gasteiger partial charge in [-0.25, -0.2) is 0 Å². The van der Waals surface area contributed by atoms with E-state index in [1.807, 2.05) is 13.8 Å². The van der Waals surface area contributed by atoms with Crippen molar-refractivity contribution in [3.05, 3.63) is 11.6 Å². The number of allylic oxidation sites excluding steroid dienone is 2. The molecule has 1 unspecified atom stereocenters. The van der Waals surface area contributed by atoms with E-state index >= 15 is 0 Å². The summed E-state index contributed by atoms with van der Waals surface area (Å²) in [5.41, 5.74) is 1.31. The molecule has 1 fully saturated rings. The highest BCUT2D eigenvalue weighted by Gasteiger charge is 2.38. The van der Waals surface area contributed by atoms with E-state index in [2.05, 4.69) is 44.0 Å². The highest BCUT2D eigenvalue weighted by atomic mass is 35.5. The molecule has 0 saturated carbocycles. The number of nitrogens with zero attached hydrogens (tertiary/aromatic N) is 1. The van der Waals surface area contributed by atoms with Gasteiger partial charge < -0.3 is 31.8 Å². The van der Waals surface area contributed by atoms with Gasteiger partial charge in [-0.1, -0.05) is 46.8 Å². The number of likely N-dealkylation sites (tertiary alicyclic amines) is 1. The van der Waals surface area contributed by atoms with Crippen molar-refractivity contribution >= 4 is 11.6 Å². The van der Waals surface area contributed by atoms with Crippen molar-refractivity contribution in [3.8, 4) is 0 Å². The van der Waals surface area contributed by atoms with Crippen LogP contribution in [0.4, 0.5) is 0 Å². The molecule has 0 aromatic heterocycles. The molecule has 0 aromatic carbocycles. The van der Waals surface area contributed by atoms with Crippen LogP contribution in [0.2, 0.25) is 0 Å². The Morgan fingerprint density at radius 2 is 1.83 bits per heavy atom. The first-order valence-corrected chi connectivity index (χ1v) is 10.9. The summed E-state index contributed by atoms with van der Waals surface area (Å²) in [4.78, 5) is 2.63. The molecule has 1 heterocycles. The fourth-order valence-electron chi connectivity index (χ4n) is 4.62. The monoisotopic (exact) mass is 454 g/mol. The lowest BCUT2D eigenvalue weighted by Gasteiger charge is -2.47. The van der Waals surface area contributed by atoms with Gasteiger partial charge in [-0.15, -0.1) is 11.6 Å². The summed E-state index contributed by atoms with van der Waals surface area (Å²) in [6.45, 7) is 17.2. The summed E-state index contributed by atoms with van der Waals surface area (Å²) < 4.78 is 0. The van der Waals surface area contributed by atoms with Crippen LogP contribution in [-0.2, 0) is 0 Å². The molecule has 8 N–H and O–H groups in total. The lowest BCUT2D eigenvalue weighted by atomic mass is 9.68. The predicted octanol–water partition coefficient (Wildman–Crippen LogP) is 2.60. The van der Waals surface area contributed by atoms with Crippen LogP contribution in [0.5, 0.6) is 0 Å². The van der Waals surface area contributed by atoms with E-state index in [0.29, 0.717) is 35.2 Å². The summed E-state index contributed by atoms with van der Waals surface area (Å²) in [5.74, 6) is 1.25. The number of alkyl halides is 1. The summed E-state index contributed by atoms with van der Waals surface area (Å²) in [6.07, 6.45) is 7.06. The van der Waals surface area contributed by atoms with Crippen molar-refractivity contribution < 1.29 is 21.5 Å². The molecule has 7 heteroatoms. The first-order chi connectivity index (χ1) is 12.0. The van der Waals surface area contributed by atoms with Crippen molar-refractivity contribution in [2.24, 2.45) is 17.3 Å². The third kappa shape index (κ3) is 10.4. The first-order valence-electron chi connectivity index (χ1n) is 10.5. The fraction of sp³-hybridized carbons (Fsp3) is 0.913. The van der Waals surface area contributed by atoms with Crippen molar-refractivity contribution in [2.45, 2.75) is 91.7 Å². The van der Waals surface area contributed by atoms with E-state index in [9.17, 15) is 5.11 Å². The zero-order valence-electron chi connectivity index (χ0n) is 19.3. The van der Waals surface area contributed by atoms with Gasteiger partial charge in [0.25, 0.3) is 0 Å². The van der Waals surface area contributed by atoms with Crippen molar-refractivity contribution in [1.29, 1.82) is 0 Å². The molecular weight excluding hydrogens is 404 g/mol. The third-order valence-electron chi connectivity index (χ3n) is 6.19. The number of aliphatic hydroxyl groups is 1.